The van der Waals surface area contributed by atoms with E-state index in [0.29, 0.717) is 28.3 Å². The molecule has 0 radical (unpaired) electrons. The van der Waals surface area contributed by atoms with Crippen molar-refractivity contribution in [3.63, 3.8) is 0 Å². The molecule has 8 nitrogen and oxygen atoms in total. The summed E-state index contributed by atoms with van der Waals surface area (Å²) >= 11 is 0. The van der Waals surface area contributed by atoms with Crippen molar-refractivity contribution in [3.05, 3.63) is 83.2 Å². The molecule has 1 heterocycles. The minimum atomic E-state index is -0.479. The predicted octanol–water partition coefficient (Wildman–Crippen LogP) is 4.77. The zero-order chi connectivity index (χ0) is 23.1. The van der Waals surface area contributed by atoms with Gasteiger partial charge in [-0.15, -0.1) is 0 Å². The predicted molar refractivity (Wildman–Crippen MR) is 123 cm³/mol. The molecule has 0 bridgehead atoms. The summed E-state index contributed by atoms with van der Waals surface area (Å²) in [7, 11) is 0. The first-order chi connectivity index (χ1) is 15.4. The Morgan fingerprint density at radius 2 is 1.59 bits per heavy atom. The number of amides is 3. The van der Waals surface area contributed by atoms with Gasteiger partial charge in [0.05, 0.1) is 17.9 Å². The van der Waals surface area contributed by atoms with E-state index in [1.54, 1.807) is 44.2 Å². The van der Waals surface area contributed by atoms with Crippen LogP contribution >= 0.6 is 0 Å². The van der Waals surface area contributed by atoms with Crippen LogP contribution < -0.4 is 16.0 Å². The van der Waals surface area contributed by atoms with Crippen molar-refractivity contribution in [3.8, 4) is 0 Å². The standard InChI is InChI=1S/C24H24N4O4/c1-4-32-23(30)19-12-13-20(25-16(19)3)22(29)28-21-14-18(11-10-15(21)2)27-24(31)26-17-8-6-5-7-9-17/h5-14H,4H2,1-3H3,(H,28,29)(H2,26,27,31). The lowest BCUT2D eigenvalue weighted by atomic mass is 10.1. The molecule has 0 atom stereocenters. The molecule has 3 amide bonds. The Hall–Kier alpha value is -4.20. The van der Waals surface area contributed by atoms with Crippen molar-refractivity contribution in [1.82, 2.24) is 4.98 Å². The van der Waals surface area contributed by atoms with E-state index in [4.69, 9.17) is 4.74 Å². The maximum absolute atomic E-state index is 12.7. The highest BCUT2D eigenvalue weighted by atomic mass is 16.5. The quantitative estimate of drug-likeness (QED) is 0.486. The molecule has 0 fully saturated rings. The Kier molecular flexibility index (Phi) is 7.17. The average Bonchev–Trinajstić information content (AvgIpc) is 2.76. The Bertz CT molecular complexity index is 1150. The summed E-state index contributed by atoms with van der Waals surface area (Å²) in [5, 5.41) is 8.28. The van der Waals surface area contributed by atoms with E-state index in [9.17, 15) is 14.4 Å². The summed E-state index contributed by atoms with van der Waals surface area (Å²) in [6.07, 6.45) is 0. The number of hydrogen-bond donors (Lipinski definition) is 3. The van der Waals surface area contributed by atoms with Gasteiger partial charge in [-0.3, -0.25) is 4.79 Å². The number of carbonyl (C=O) groups excluding carboxylic acids is 3. The number of esters is 1. The number of rotatable bonds is 6. The molecule has 164 valence electrons. The molecule has 0 saturated heterocycles. The molecule has 0 aliphatic heterocycles. The first kappa shape index (κ1) is 22.5. The van der Waals surface area contributed by atoms with Gasteiger partial charge in [0.2, 0.25) is 0 Å². The first-order valence-corrected chi connectivity index (χ1v) is 10.1. The lowest BCUT2D eigenvalue weighted by Crippen LogP contribution is -2.20. The highest BCUT2D eigenvalue weighted by Gasteiger charge is 2.16. The lowest BCUT2D eigenvalue weighted by Gasteiger charge is -2.13. The number of nitrogens with zero attached hydrogens (tertiary/aromatic N) is 1. The van der Waals surface area contributed by atoms with E-state index < -0.39 is 17.9 Å². The Balaban J connectivity index is 1.70. The van der Waals surface area contributed by atoms with Gasteiger partial charge in [0.15, 0.2) is 0 Å². The fraction of sp³-hybridized carbons (Fsp3) is 0.167. The molecule has 1 aromatic heterocycles. The van der Waals surface area contributed by atoms with Crippen molar-refractivity contribution < 1.29 is 19.1 Å². The van der Waals surface area contributed by atoms with Gasteiger partial charge in [-0.05, 0) is 62.7 Å². The van der Waals surface area contributed by atoms with E-state index in [1.165, 1.54) is 12.1 Å². The van der Waals surface area contributed by atoms with E-state index >= 15 is 0 Å². The third-order valence-electron chi connectivity index (χ3n) is 4.59. The van der Waals surface area contributed by atoms with Gasteiger partial charge in [0.1, 0.15) is 5.69 Å². The average molecular weight is 432 g/mol. The van der Waals surface area contributed by atoms with E-state index in [2.05, 4.69) is 20.9 Å². The summed E-state index contributed by atoms with van der Waals surface area (Å²) in [5.41, 5.74) is 3.40. The molecule has 0 saturated carbocycles. The summed E-state index contributed by atoms with van der Waals surface area (Å²) < 4.78 is 4.98. The Labute approximate surface area is 186 Å². The van der Waals surface area contributed by atoms with Crippen LogP contribution in [0, 0.1) is 13.8 Å². The number of urea groups is 1. The van der Waals surface area contributed by atoms with Gasteiger partial charge in [0, 0.05) is 17.1 Å². The smallest absolute Gasteiger partial charge is 0.339 e. The molecule has 32 heavy (non-hydrogen) atoms. The number of aromatic nitrogens is 1. The molecular formula is C24H24N4O4. The number of nitrogens with one attached hydrogen (secondary N) is 3. The fourth-order valence-corrected chi connectivity index (χ4v) is 2.95. The number of hydrogen-bond acceptors (Lipinski definition) is 5. The van der Waals surface area contributed by atoms with Gasteiger partial charge in [-0.1, -0.05) is 24.3 Å². The largest absolute Gasteiger partial charge is 0.462 e. The molecule has 2 aromatic carbocycles. The number of carbonyl (C=O) groups is 3. The third-order valence-corrected chi connectivity index (χ3v) is 4.59. The number of benzene rings is 2. The zero-order valence-corrected chi connectivity index (χ0v) is 18.1. The van der Waals surface area contributed by atoms with Crippen LogP contribution in [0.3, 0.4) is 0 Å². The second kappa shape index (κ2) is 10.2. The van der Waals surface area contributed by atoms with Crippen molar-refractivity contribution in [1.29, 1.82) is 0 Å². The van der Waals surface area contributed by atoms with Gasteiger partial charge in [-0.25, -0.2) is 14.6 Å². The molecule has 8 heteroatoms. The number of ether oxygens (including phenoxy) is 1. The van der Waals surface area contributed by atoms with Crippen LogP contribution in [-0.2, 0) is 4.74 Å². The number of pyridine rings is 1. The Morgan fingerprint density at radius 3 is 2.28 bits per heavy atom. The molecular weight excluding hydrogens is 408 g/mol. The van der Waals surface area contributed by atoms with Crippen LogP contribution in [0.4, 0.5) is 21.9 Å². The minimum Gasteiger partial charge on any atom is -0.462 e. The van der Waals surface area contributed by atoms with Crippen LogP contribution in [0.25, 0.3) is 0 Å². The molecule has 0 spiro atoms. The second-order valence-corrected chi connectivity index (χ2v) is 6.98. The zero-order valence-electron chi connectivity index (χ0n) is 18.1. The van der Waals surface area contributed by atoms with Crippen LogP contribution in [0.2, 0.25) is 0 Å². The third kappa shape index (κ3) is 5.69. The summed E-state index contributed by atoms with van der Waals surface area (Å²) in [6, 6.07) is 16.9. The Morgan fingerprint density at radius 1 is 0.875 bits per heavy atom. The van der Waals surface area contributed by atoms with Crippen LogP contribution in [-0.4, -0.2) is 29.5 Å². The molecule has 0 unspecified atom stereocenters. The fourth-order valence-electron chi connectivity index (χ4n) is 2.95. The topological polar surface area (TPSA) is 109 Å². The molecule has 3 aromatic rings. The van der Waals surface area contributed by atoms with Gasteiger partial charge < -0.3 is 20.7 Å². The number of aryl methyl sites for hydroxylation is 2. The van der Waals surface area contributed by atoms with E-state index in [-0.39, 0.29) is 12.3 Å². The second-order valence-electron chi connectivity index (χ2n) is 6.98. The molecule has 3 N–H and O–H groups in total. The summed E-state index contributed by atoms with van der Waals surface area (Å²) in [5.74, 6) is -0.912. The van der Waals surface area contributed by atoms with Crippen molar-refractivity contribution in [2.45, 2.75) is 20.8 Å². The maximum Gasteiger partial charge on any atom is 0.339 e. The minimum absolute atomic E-state index is 0.162. The molecule has 0 aliphatic carbocycles. The number of para-hydroxylation sites is 1. The van der Waals surface area contributed by atoms with Crippen molar-refractivity contribution in [2.75, 3.05) is 22.6 Å². The van der Waals surface area contributed by atoms with E-state index in [1.807, 2.05) is 25.1 Å². The maximum atomic E-state index is 12.7. The summed E-state index contributed by atoms with van der Waals surface area (Å²) in [4.78, 5) is 41.1. The van der Waals surface area contributed by atoms with Crippen LogP contribution in [0.5, 0.6) is 0 Å². The molecule has 0 aliphatic rings. The number of anilines is 3. The SMILES string of the molecule is CCOC(=O)c1ccc(C(=O)Nc2cc(NC(=O)Nc3ccccc3)ccc2C)nc1C. The molecule has 3 rings (SSSR count). The van der Waals surface area contributed by atoms with Crippen LogP contribution in [0.1, 0.15) is 39.0 Å². The summed E-state index contributed by atoms with van der Waals surface area (Å²) in [6.45, 7) is 5.46. The first-order valence-electron chi connectivity index (χ1n) is 10.1. The van der Waals surface area contributed by atoms with Gasteiger partial charge in [-0.2, -0.15) is 0 Å². The van der Waals surface area contributed by atoms with Crippen molar-refractivity contribution in [2.24, 2.45) is 0 Å². The monoisotopic (exact) mass is 432 g/mol. The van der Waals surface area contributed by atoms with E-state index in [0.717, 1.165) is 5.56 Å². The highest BCUT2D eigenvalue weighted by Crippen LogP contribution is 2.21. The van der Waals surface area contributed by atoms with Crippen LogP contribution in [0.15, 0.2) is 60.7 Å². The lowest BCUT2D eigenvalue weighted by molar-refractivity contribution is 0.0524. The highest BCUT2D eigenvalue weighted by molar-refractivity contribution is 6.05. The normalized spacial score (nSPS) is 10.2. The van der Waals surface area contributed by atoms with Crippen molar-refractivity contribution >= 4 is 35.0 Å². The van der Waals surface area contributed by atoms with Gasteiger partial charge >= 0.3 is 12.0 Å². The van der Waals surface area contributed by atoms with Gasteiger partial charge in [0.25, 0.3) is 5.91 Å².